The number of nitrogens with zero attached hydrogens (tertiary/aromatic N) is 1. The lowest BCUT2D eigenvalue weighted by atomic mass is 9.83. The zero-order valence-electron chi connectivity index (χ0n) is 23.5. The molecule has 0 radical (unpaired) electrons. The van der Waals surface area contributed by atoms with Gasteiger partial charge in [0, 0.05) is 22.5 Å². The molecule has 2 aliphatic carbocycles. The molecule has 2 aromatic carbocycles. The molecule has 214 valence electrons. The van der Waals surface area contributed by atoms with E-state index in [0.29, 0.717) is 11.4 Å². The highest BCUT2D eigenvalue weighted by Gasteiger charge is 2.28. The average molecular weight is 586 g/mol. The number of aryl methyl sites for hydroxylation is 4. The van der Waals surface area contributed by atoms with E-state index < -0.39 is 15.5 Å². The minimum Gasteiger partial charge on any atom is -0.293 e. The number of benzene rings is 2. The van der Waals surface area contributed by atoms with Gasteiger partial charge in [0.2, 0.25) is 0 Å². The number of nitrogens with one attached hydrogen (secondary N) is 2. The summed E-state index contributed by atoms with van der Waals surface area (Å²) < 4.78 is 48.0. The molecule has 0 fully saturated rings. The smallest absolute Gasteiger partial charge is 0.293 e. The van der Waals surface area contributed by atoms with Crippen LogP contribution in [0.15, 0.2) is 42.5 Å². The maximum Gasteiger partial charge on any atom is 0.432 e. The molecule has 1 heterocycles. The molecule has 1 aromatic heterocycles. The molecule has 3 aromatic rings. The number of rotatable bonds is 12. The van der Waals surface area contributed by atoms with E-state index >= 15 is 0 Å². The molecule has 5 rings (SSSR count). The van der Waals surface area contributed by atoms with E-state index in [1.165, 1.54) is 22.3 Å². The van der Waals surface area contributed by atoms with Crippen molar-refractivity contribution in [3.63, 3.8) is 0 Å². The minimum absolute atomic E-state index is 0.270. The van der Waals surface area contributed by atoms with Crippen LogP contribution in [0.4, 0.5) is 11.4 Å². The molecule has 0 saturated heterocycles. The summed E-state index contributed by atoms with van der Waals surface area (Å²) in [6.45, 7) is 8.23. The van der Waals surface area contributed by atoms with E-state index in [2.05, 4.69) is 28.4 Å². The van der Waals surface area contributed by atoms with Crippen molar-refractivity contribution in [2.24, 2.45) is 0 Å². The van der Waals surface area contributed by atoms with Crippen LogP contribution in [0.25, 0.3) is 22.5 Å². The van der Waals surface area contributed by atoms with Gasteiger partial charge in [-0.25, -0.2) is 14.1 Å². The molecule has 0 spiro atoms. The van der Waals surface area contributed by atoms with E-state index in [1.807, 2.05) is 24.3 Å². The number of anilines is 2. The van der Waals surface area contributed by atoms with Crippen LogP contribution in [-0.4, -0.2) is 31.4 Å². The van der Waals surface area contributed by atoms with Gasteiger partial charge in [-0.15, -0.1) is 0 Å². The lowest BCUT2D eigenvalue weighted by Crippen LogP contribution is -2.13. The van der Waals surface area contributed by atoms with Crippen LogP contribution in [0.3, 0.4) is 0 Å². The molecule has 40 heavy (non-hydrogen) atoms. The van der Waals surface area contributed by atoms with Crippen molar-refractivity contribution in [1.82, 2.24) is 4.98 Å². The zero-order chi connectivity index (χ0) is 28.3. The van der Waals surface area contributed by atoms with Crippen molar-refractivity contribution in [3.05, 3.63) is 64.7 Å². The molecule has 2 N–H and O–H groups in total. The Kier molecular flexibility index (Phi) is 8.81. The second-order valence-electron chi connectivity index (χ2n) is 9.64. The van der Waals surface area contributed by atoms with Gasteiger partial charge in [0.1, 0.15) is 0 Å². The fourth-order valence-electron chi connectivity index (χ4n) is 5.36. The van der Waals surface area contributed by atoms with Crippen LogP contribution in [0.2, 0.25) is 0 Å². The van der Waals surface area contributed by atoms with E-state index in [0.717, 1.165) is 48.2 Å². The molecule has 2 aliphatic rings. The molecule has 0 amide bonds. The predicted molar refractivity (Wildman–Crippen MR) is 159 cm³/mol. The minimum atomic E-state index is -3.48. The molecule has 0 bridgehead atoms. The van der Waals surface area contributed by atoms with E-state index in [4.69, 9.17) is 23.1 Å². The molecule has 11 heteroatoms. The molecule has 0 aliphatic heterocycles. The molecule has 9 nitrogen and oxygen atoms in total. The maximum absolute atomic E-state index is 13.1. The summed E-state index contributed by atoms with van der Waals surface area (Å²) in [5.74, 6) is 0. The quantitative estimate of drug-likeness (QED) is 0.206. The van der Waals surface area contributed by atoms with Crippen LogP contribution in [0.1, 0.15) is 49.9 Å². The van der Waals surface area contributed by atoms with Gasteiger partial charge in [-0.1, -0.05) is 18.2 Å². The summed E-state index contributed by atoms with van der Waals surface area (Å²) in [6.07, 6.45) is 3.64. The van der Waals surface area contributed by atoms with Gasteiger partial charge in [-0.3, -0.25) is 28.3 Å². The molecule has 0 saturated carbocycles. The predicted octanol–water partition coefficient (Wildman–Crippen LogP) is 7.80. The number of hydrogen-bond acceptors (Lipinski definition) is 7. The highest BCUT2D eigenvalue weighted by molar-refractivity contribution is 7.55. The lowest BCUT2D eigenvalue weighted by Gasteiger charge is -2.26. The summed E-state index contributed by atoms with van der Waals surface area (Å²) in [5, 5.41) is 5.98. The molecular formula is C29H37N3O6P2. The lowest BCUT2D eigenvalue weighted by molar-refractivity contribution is 0.224. The van der Waals surface area contributed by atoms with Gasteiger partial charge in [-0.05, 0) is 99.9 Å². The van der Waals surface area contributed by atoms with Crippen LogP contribution in [-0.2, 0) is 52.9 Å². The summed E-state index contributed by atoms with van der Waals surface area (Å²) in [7, 11) is -6.96. The van der Waals surface area contributed by atoms with Crippen molar-refractivity contribution in [2.45, 2.75) is 53.4 Å². The fourth-order valence-corrected chi connectivity index (χ4v) is 8.03. The van der Waals surface area contributed by atoms with Gasteiger partial charge in [0.25, 0.3) is 0 Å². The summed E-state index contributed by atoms with van der Waals surface area (Å²) >= 11 is 0. The third kappa shape index (κ3) is 6.06. The standard InChI is InChI=1S/C29H37N3O6P2/c1-5-35-39(33,36-6-2)31-24-15-13-20-9-11-22-17-23-12-10-21-14-16-25(32-40(34,37-7-3)38-8-4)19-27(21)29(23)30-28(22)26(20)18-24/h13-19H,5-12H2,1-4H3,(H,31,33)(H,32,34). The molecule has 0 unspecified atom stereocenters. The fraction of sp³-hybridized carbons (Fsp3) is 0.414. The summed E-state index contributed by atoms with van der Waals surface area (Å²) in [4.78, 5) is 5.24. The highest BCUT2D eigenvalue weighted by Crippen LogP contribution is 2.50. The second-order valence-corrected chi connectivity index (χ2v) is 13.1. The number of fused-ring (bicyclic) bond motifs is 6. The average Bonchev–Trinajstić information content (AvgIpc) is 2.92. The van der Waals surface area contributed by atoms with Gasteiger partial charge in [0.15, 0.2) is 0 Å². The highest BCUT2D eigenvalue weighted by atomic mass is 31.2. The first-order valence-electron chi connectivity index (χ1n) is 13.9. The first-order chi connectivity index (χ1) is 19.3. The number of pyridine rings is 1. The topological polar surface area (TPSA) is 108 Å². The maximum atomic E-state index is 13.1. The van der Waals surface area contributed by atoms with E-state index in [1.54, 1.807) is 27.7 Å². The Bertz CT molecular complexity index is 1370. The Labute approximate surface area is 236 Å². The van der Waals surface area contributed by atoms with Gasteiger partial charge < -0.3 is 0 Å². The Morgan fingerprint density at radius 3 is 1.35 bits per heavy atom. The third-order valence-corrected chi connectivity index (χ3v) is 10.4. The van der Waals surface area contributed by atoms with Gasteiger partial charge in [-0.2, -0.15) is 0 Å². The van der Waals surface area contributed by atoms with Crippen LogP contribution in [0, 0.1) is 0 Å². The monoisotopic (exact) mass is 585 g/mol. The van der Waals surface area contributed by atoms with E-state index in [-0.39, 0.29) is 26.4 Å². The summed E-state index contributed by atoms with van der Waals surface area (Å²) in [5.41, 5.74) is 9.96. The SMILES string of the molecule is CCOP(=O)(Nc1ccc2c(c1)-c1nc3c(cc1CC2)CCc1ccc(NP(=O)(OCC)OCC)cc1-3)OCC. The van der Waals surface area contributed by atoms with Crippen molar-refractivity contribution in [2.75, 3.05) is 36.6 Å². The van der Waals surface area contributed by atoms with Crippen molar-refractivity contribution in [3.8, 4) is 22.5 Å². The Hall–Kier alpha value is -2.51. The Balaban J connectivity index is 1.53. The third-order valence-electron chi connectivity index (χ3n) is 6.97. The largest absolute Gasteiger partial charge is 0.432 e. The van der Waals surface area contributed by atoms with Crippen LogP contribution >= 0.6 is 15.5 Å². The zero-order valence-corrected chi connectivity index (χ0v) is 25.3. The van der Waals surface area contributed by atoms with Crippen molar-refractivity contribution >= 4 is 26.9 Å². The van der Waals surface area contributed by atoms with Gasteiger partial charge >= 0.3 is 15.5 Å². The number of hydrogen-bond donors (Lipinski definition) is 2. The Morgan fingerprint density at radius 1 is 0.600 bits per heavy atom. The Morgan fingerprint density at radius 2 is 0.975 bits per heavy atom. The summed E-state index contributed by atoms with van der Waals surface area (Å²) in [6, 6.07) is 14.2. The first-order valence-corrected chi connectivity index (χ1v) is 17.0. The van der Waals surface area contributed by atoms with Gasteiger partial charge in [0.05, 0.1) is 37.8 Å². The second kappa shape index (κ2) is 12.2. The number of aromatic nitrogens is 1. The van der Waals surface area contributed by atoms with Crippen molar-refractivity contribution in [1.29, 1.82) is 0 Å². The van der Waals surface area contributed by atoms with Crippen molar-refractivity contribution < 1.29 is 27.2 Å². The molecule has 0 atom stereocenters. The molecular weight excluding hydrogens is 548 g/mol. The van der Waals surface area contributed by atoms with E-state index in [9.17, 15) is 9.13 Å². The van der Waals surface area contributed by atoms with Crippen LogP contribution in [0.5, 0.6) is 0 Å². The first kappa shape index (κ1) is 29.0. The van der Waals surface area contributed by atoms with Crippen LogP contribution < -0.4 is 10.2 Å². The normalized spacial score (nSPS) is 14.1.